The van der Waals surface area contributed by atoms with E-state index in [0.717, 1.165) is 11.4 Å². The number of hydrogen-bond acceptors (Lipinski definition) is 2. The van der Waals surface area contributed by atoms with E-state index in [1.807, 2.05) is 12.1 Å². The number of nitrogens with one attached hydrogen (secondary N) is 2. The van der Waals surface area contributed by atoms with Gasteiger partial charge in [-0.1, -0.05) is 12.1 Å². The number of nitrogens with zero attached hydrogens (tertiary/aromatic N) is 1. The van der Waals surface area contributed by atoms with Gasteiger partial charge in [-0.3, -0.25) is 0 Å². The molecule has 17 heavy (non-hydrogen) atoms. The van der Waals surface area contributed by atoms with Gasteiger partial charge in [0.05, 0.1) is 6.54 Å². The molecule has 0 fully saturated rings. The molecule has 2 aromatic rings. The predicted molar refractivity (Wildman–Crippen MR) is 65.0 cm³/mol. The number of imidazole rings is 1. The highest BCUT2D eigenvalue weighted by atomic mass is 19.1. The Morgan fingerprint density at radius 2 is 1.94 bits per heavy atom. The third-order valence-corrected chi connectivity index (χ3v) is 2.67. The van der Waals surface area contributed by atoms with Gasteiger partial charge in [0.1, 0.15) is 11.6 Å². The van der Waals surface area contributed by atoms with Crippen LogP contribution in [-0.2, 0) is 13.1 Å². The van der Waals surface area contributed by atoms with Gasteiger partial charge in [0.25, 0.3) is 0 Å². The summed E-state index contributed by atoms with van der Waals surface area (Å²) < 4.78 is 13.4. The second-order valence-corrected chi connectivity index (χ2v) is 4.18. The summed E-state index contributed by atoms with van der Waals surface area (Å²) in [6, 6.07) is 3.74. The fraction of sp³-hybridized carbons (Fsp3) is 0.308. The fourth-order valence-corrected chi connectivity index (χ4v) is 1.86. The molecule has 0 spiro atoms. The molecule has 0 saturated heterocycles. The minimum atomic E-state index is -0.111. The van der Waals surface area contributed by atoms with E-state index < -0.39 is 0 Å². The van der Waals surface area contributed by atoms with Crippen molar-refractivity contribution in [2.24, 2.45) is 0 Å². The van der Waals surface area contributed by atoms with Gasteiger partial charge < -0.3 is 10.3 Å². The maximum absolute atomic E-state index is 13.4. The minimum absolute atomic E-state index is 0.111. The van der Waals surface area contributed by atoms with Crippen LogP contribution in [0.4, 0.5) is 4.39 Å². The molecular formula is C13H16FN3. The monoisotopic (exact) mass is 233 g/mol. The maximum Gasteiger partial charge on any atom is 0.129 e. The van der Waals surface area contributed by atoms with E-state index >= 15 is 0 Å². The van der Waals surface area contributed by atoms with Crippen LogP contribution in [-0.4, -0.2) is 9.97 Å². The van der Waals surface area contributed by atoms with Crippen molar-refractivity contribution in [3.63, 3.8) is 0 Å². The number of rotatable bonds is 4. The maximum atomic E-state index is 13.4. The molecule has 90 valence electrons. The van der Waals surface area contributed by atoms with Gasteiger partial charge in [-0.05, 0) is 30.5 Å². The first kappa shape index (κ1) is 11.8. The molecule has 0 aliphatic rings. The van der Waals surface area contributed by atoms with Gasteiger partial charge >= 0.3 is 0 Å². The number of hydrogen-bond donors (Lipinski definition) is 2. The van der Waals surface area contributed by atoms with E-state index in [0.29, 0.717) is 24.2 Å². The van der Waals surface area contributed by atoms with Crippen LogP contribution in [0.5, 0.6) is 0 Å². The van der Waals surface area contributed by atoms with Gasteiger partial charge in [0.15, 0.2) is 0 Å². The molecule has 1 heterocycles. The highest BCUT2D eigenvalue weighted by molar-refractivity contribution is 5.30. The van der Waals surface area contributed by atoms with Crippen molar-refractivity contribution in [2.75, 3.05) is 0 Å². The molecule has 1 aromatic heterocycles. The highest BCUT2D eigenvalue weighted by Crippen LogP contribution is 2.14. The Balaban J connectivity index is 1.95. The largest absolute Gasteiger partial charge is 0.348 e. The zero-order valence-corrected chi connectivity index (χ0v) is 10.0. The van der Waals surface area contributed by atoms with Crippen LogP contribution >= 0.6 is 0 Å². The second kappa shape index (κ2) is 5.10. The van der Waals surface area contributed by atoms with Crippen LogP contribution in [0, 0.1) is 19.7 Å². The fourth-order valence-electron chi connectivity index (χ4n) is 1.86. The number of aryl methyl sites for hydroxylation is 2. The van der Waals surface area contributed by atoms with Crippen molar-refractivity contribution in [2.45, 2.75) is 26.9 Å². The molecule has 2 N–H and O–H groups in total. The second-order valence-electron chi connectivity index (χ2n) is 4.18. The quantitative estimate of drug-likeness (QED) is 0.851. The van der Waals surface area contributed by atoms with Crippen molar-refractivity contribution in [1.82, 2.24) is 15.3 Å². The third-order valence-electron chi connectivity index (χ3n) is 2.67. The lowest BCUT2D eigenvalue weighted by Gasteiger charge is -2.07. The molecule has 0 saturated carbocycles. The summed E-state index contributed by atoms with van der Waals surface area (Å²) in [6.07, 6.45) is 3.52. The highest BCUT2D eigenvalue weighted by Gasteiger charge is 2.04. The van der Waals surface area contributed by atoms with Crippen LogP contribution in [0.1, 0.15) is 22.5 Å². The standard InChI is InChI=1S/C13H16FN3/c1-9-5-11(6-10(2)13(9)14)7-15-8-12-16-3-4-17-12/h3-6,15H,7-8H2,1-2H3,(H,16,17). The lowest BCUT2D eigenvalue weighted by atomic mass is 10.1. The first-order valence-corrected chi connectivity index (χ1v) is 5.61. The van der Waals surface area contributed by atoms with Gasteiger partial charge in [0.2, 0.25) is 0 Å². The molecule has 0 aliphatic carbocycles. The molecule has 0 bridgehead atoms. The molecule has 3 nitrogen and oxygen atoms in total. The summed E-state index contributed by atoms with van der Waals surface area (Å²) >= 11 is 0. The van der Waals surface area contributed by atoms with E-state index in [-0.39, 0.29) is 5.82 Å². The number of aromatic nitrogens is 2. The molecule has 1 aromatic carbocycles. The van der Waals surface area contributed by atoms with E-state index in [9.17, 15) is 4.39 Å². The van der Waals surface area contributed by atoms with Crippen molar-refractivity contribution in [3.8, 4) is 0 Å². The smallest absolute Gasteiger partial charge is 0.129 e. The van der Waals surface area contributed by atoms with Crippen LogP contribution < -0.4 is 5.32 Å². The predicted octanol–water partition coefficient (Wildman–Crippen LogP) is 2.46. The van der Waals surface area contributed by atoms with E-state index in [1.54, 1.807) is 26.2 Å². The van der Waals surface area contributed by atoms with E-state index in [2.05, 4.69) is 15.3 Å². The van der Waals surface area contributed by atoms with Gasteiger partial charge in [-0.25, -0.2) is 9.37 Å². The molecule has 2 rings (SSSR count). The Morgan fingerprint density at radius 1 is 1.24 bits per heavy atom. The first-order valence-electron chi connectivity index (χ1n) is 5.61. The summed E-state index contributed by atoms with van der Waals surface area (Å²) in [5, 5.41) is 3.26. The molecule has 0 atom stereocenters. The van der Waals surface area contributed by atoms with Gasteiger partial charge in [-0.2, -0.15) is 0 Å². The van der Waals surface area contributed by atoms with Crippen molar-refractivity contribution < 1.29 is 4.39 Å². The van der Waals surface area contributed by atoms with Crippen LogP contribution in [0.3, 0.4) is 0 Å². The molecule has 0 amide bonds. The summed E-state index contributed by atoms with van der Waals surface area (Å²) in [7, 11) is 0. The van der Waals surface area contributed by atoms with Crippen molar-refractivity contribution in [1.29, 1.82) is 0 Å². The van der Waals surface area contributed by atoms with Crippen LogP contribution in [0.2, 0.25) is 0 Å². The number of halogens is 1. The molecular weight excluding hydrogens is 217 g/mol. The summed E-state index contributed by atoms with van der Waals surface area (Å²) in [5.41, 5.74) is 2.48. The lowest BCUT2D eigenvalue weighted by molar-refractivity contribution is 0.605. The van der Waals surface area contributed by atoms with E-state index in [4.69, 9.17) is 0 Å². The summed E-state index contributed by atoms with van der Waals surface area (Å²) in [4.78, 5) is 7.14. The summed E-state index contributed by atoms with van der Waals surface area (Å²) in [5.74, 6) is 0.792. The third kappa shape index (κ3) is 2.91. The van der Waals surface area contributed by atoms with E-state index in [1.165, 1.54) is 0 Å². The zero-order valence-electron chi connectivity index (χ0n) is 10.0. The average Bonchev–Trinajstić information content (AvgIpc) is 2.79. The minimum Gasteiger partial charge on any atom is -0.348 e. The summed E-state index contributed by atoms with van der Waals surface area (Å²) in [6.45, 7) is 4.97. The lowest BCUT2D eigenvalue weighted by Crippen LogP contribution is -2.14. The van der Waals surface area contributed by atoms with Crippen molar-refractivity contribution >= 4 is 0 Å². The number of aromatic amines is 1. The number of H-pyrrole nitrogens is 1. The molecule has 0 radical (unpaired) electrons. The number of benzene rings is 1. The Labute approximate surface area is 100 Å². The molecule has 4 heteroatoms. The van der Waals surface area contributed by atoms with Gasteiger partial charge in [0, 0.05) is 18.9 Å². The Morgan fingerprint density at radius 3 is 2.53 bits per heavy atom. The average molecular weight is 233 g/mol. The Bertz CT molecular complexity index is 468. The zero-order chi connectivity index (χ0) is 12.3. The topological polar surface area (TPSA) is 40.7 Å². The SMILES string of the molecule is Cc1cc(CNCc2ncc[nH]2)cc(C)c1F. The molecule has 0 aliphatic heterocycles. The molecule has 0 unspecified atom stereocenters. The normalized spacial score (nSPS) is 10.8. The van der Waals surface area contributed by atoms with Gasteiger partial charge in [-0.15, -0.1) is 0 Å². The Hall–Kier alpha value is -1.68. The van der Waals surface area contributed by atoms with Crippen LogP contribution in [0.15, 0.2) is 24.5 Å². The Kier molecular flexibility index (Phi) is 3.54. The first-order chi connectivity index (χ1) is 8.16. The van der Waals surface area contributed by atoms with Crippen LogP contribution in [0.25, 0.3) is 0 Å². The van der Waals surface area contributed by atoms with Crippen molar-refractivity contribution in [3.05, 3.63) is 52.9 Å².